The number of rotatable bonds is 10. The molecule has 0 saturated carbocycles. The number of aromatic nitrogens is 3. The largest absolute Gasteiger partial charge is 2.00 e. The number of carbonyl (C=O) groups excluding carboxylic acids is 3. The Morgan fingerprint density at radius 3 is 2.23 bits per heavy atom. The fourth-order valence-electron chi connectivity index (χ4n) is 7.99. The van der Waals surface area contributed by atoms with Gasteiger partial charge in [0.15, 0.2) is 5.78 Å². The average Bonchev–Trinajstić information content (AvgIpc) is 3.84. The van der Waals surface area contributed by atoms with Crippen molar-refractivity contribution in [2.75, 3.05) is 13.7 Å². The summed E-state index contributed by atoms with van der Waals surface area (Å²) in [7, 11) is 1.29. The van der Waals surface area contributed by atoms with Crippen molar-refractivity contribution in [2.45, 2.75) is 93.9 Å². The standard InChI is InChI=1S/C42H49N4O5.Mg/c1-10-13-21(4)16-17-51-35(47)15-14-28-24(7)31-18-29-22(5)26(11-2)33(43-29)19-30-23(6)27(12-3)34(44-30)20-32-25(8)36-40(46-32)37(39(28)45-31)38(41(36)48)42(49)50-9;/h16,18-20,24,28,38H,10-15,17H2,1-9H3,(H-,45,46,48);/q-3;+2/p-1/b21-16+,30-19-,31-18-,34-20-;/t24-,28-,38+;/m0./s1. The summed E-state index contributed by atoms with van der Waals surface area (Å²) in [5.74, 6) is -2.94. The number of Topliss-reactive ketones (excluding diaryl/α,β-unsaturated/α-hetero) is 1. The van der Waals surface area contributed by atoms with E-state index in [0.29, 0.717) is 40.2 Å². The summed E-state index contributed by atoms with van der Waals surface area (Å²) in [5.41, 5.74) is 11.3. The van der Waals surface area contributed by atoms with Crippen molar-refractivity contribution in [3.05, 3.63) is 95.2 Å². The first-order chi connectivity index (χ1) is 24.4. The second kappa shape index (κ2) is 15.9. The van der Waals surface area contributed by atoms with E-state index in [-0.39, 0.29) is 59.7 Å². The fraction of sp³-hybridized carbons (Fsp3) is 0.452. The molecule has 3 aromatic heterocycles. The van der Waals surface area contributed by atoms with Gasteiger partial charge >= 0.3 is 35.0 Å². The molecule has 3 atom stereocenters. The van der Waals surface area contributed by atoms with Crippen LogP contribution in [0, 0.1) is 38.5 Å². The van der Waals surface area contributed by atoms with Gasteiger partial charge in [0, 0.05) is 12.0 Å². The maximum atomic E-state index is 14.2. The van der Waals surface area contributed by atoms with Crippen LogP contribution in [0.2, 0.25) is 0 Å². The van der Waals surface area contributed by atoms with Crippen LogP contribution in [0.15, 0.2) is 23.0 Å². The molecular formula is C42H48MgN4O5-2. The van der Waals surface area contributed by atoms with Crippen LogP contribution >= 0.6 is 0 Å². The summed E-state index contributed by atoms with van der Waals surface area (Å²) in [6.45, 7) is 16.7. The van der Waals surface area contributed by atoms with E-state index in [4.69, 9.17) is 29.7 Å². The topological polar surface area (TPSA) is 126 Å². The van der Waals surface area contributed by atoms with Gasteiger partial charge in [-0.15, -0.1) is 33.5 Å². The maximum Gasteiger partial charge on any atom is 2.00 e. The number of allylic oxidation sites excluding steroid dienone is 3. The number of ether oxygens (including phenoxy) is 2. The third kappa shape index (κ3) is 6.91. The Hall–Kier alpha value is -4.02. The molecule has 3 aliphatic rings. The van der Waals surface area contributed by atoms with Gasteiger partial charge in [0.2, 0.25) is 0 Å². The van der Waals surface area contributed by atoms with E-state index in [1.807, 2.05) is 32.1 Å². The molecule has 1 aliphatic carbocycles. The number of carbonyl (C=O) groups is 3. The van der Waals surface area contributed by atoms with Gasteiger partial charge in [0.05, 0.1) is 7.11 Å². The zero-order chi connectivity index (χ0) is 36.7. The van der Waals surface area contributed by atoms with Crippen molar-refractivity contribution in [1.29, 1.82) is 0 Å². The number of hydrogen-bond donors (Lipinski definition) is 0. The normalized spacial score (nSPS) is 22.8. The quantitative estimate of drug-likeness (QED) is 0.114. The van der Waals surface area contributed by atoms with E-state index < -0.39 is 11.9 Å². The smallest absolute Gasteiger partial charge is 0.664 e. The summed E-state index contributed by atoms with van der Waals surface area (Å²) in [6, 6.07) is 0. The van der Waals surface area contributed by atoms with E-state index in [2.05, 4.69) is 47.6 Å². The zero-order valence-electron chi connectivity index (χ0n) is 32.0. The number of esters is 2. The first-order valence-corrected chi connectivity index (χ1v) is 18.2. The second-order valence-electron chi connectivity index (χ2n) is 14.0. The third-order valence-corrected chi connectivity index (χ3v) is 11.0. The maximum absolute atomic E-state index is 14.2. The number of hydrogen-bond acceptors (Lipinski definition) is 5. The first-order valence-electron chi connectivity index (χ1n) is 18.2. The van der Waals surface area contributed by atoms with E-state index >= 15 is 0 Å². The minimum Gasteiger partial charge on any atom is -0.664 e. The summed E-state index contributed by atoms with van der Waals surface area (Å²) in [6.07, 6.45) is 12.1. The summed E-state index contributed by atoms with van der Waals surface area (Å²) >= 11 is 0. The number of fused-ring (bicyclic) bond motifs is 7. The van der Waals surface area contributed by atoms with Gasteiger partial charge in [-0.25, -0.2) is 0 Å². The predicted molar refractivity (Wildman–Crippen MR) is 204 cm³/mol. The zero-order valence-corrected chi connectivity index (χ0v) is 33.4. The molecule has 52 heavy (non-hydrogen) atoms. The van der Waals surface area contributed by atoms with E-state index in [1.165, 1.54) is 12.7 Å². The molecule has 0 N–H and O–H groups in total. The van der Waals surface area contributed by atoms with Crippen molar-refractivity contribution in [2.24, 2.45) is 17.8 Å². The van der Waals surface area contributed by atoms with Crippen LogP contribution in [0.3, 0.4) is 0 Å². The van der Waals surface area contributed by atoms with Crippen molar-refractivity contribution in [1.82, 2.24) is 15.0 Å². The van der Waals surface area contributed by atoms with E-state index in [0.717, 1.165) is 75.7 Å². The Bertz CT molecular complexity index is 2140. The molecule has 0 aromatic carbocycles. The van der Waals surface area contributed by atoms with E-state index in [9.17, 15) is 14.4 Å². The third-order valence-electron chi connectivity index (χ3n) is 11.0. The Balaban J connectivity index is 0.00000523. The fourth-order valence-corrected chi connectivity index (χ4v) is 7.99. The molecule has 9 nitrogen and oxygen atoms in total. The van der Waals surface area contributed by atoms with Gasteiger partial charge in [-0.1, -0.05) is 91.3 Å². The van der Waals surface area contributed by atoms with Gasteiger partial charge < -0.3 is 29.7 Å². The van der Waals surface area contributed by atoms with Crippen LogP contribution < -0.4 is 25.7 Å². The number of nitrogens with zero attached hydrogens (tertiary/aromatic N) is 4. The molecule has 0 amide bonds. The molecule has 3 aromatic rings. The van der Waals surface area contributed by atoms with Gasteiger partial charge in [0.25, 0.3) is 0 Å². The minimum atomic E-state index is -1.20. The van der Waals surface area contributed by atoms with Crippen LogP contribution in [0.25, 0.3) is 29.1 Å². The Kier molecular flexibility index (Phi) is 12.0. The van der Waals surface area contributed by atoms with Gasteiger partial charge in [-0.3, -0.25) is 14.4 Å². The average molecular weight is 713 g/mol. The first kappa shape index (κ1) is 39.2. The van der Waals surface area contributed by atoms with Crippen molar-refractivity contribution in [3.8, 4) is 0 Å². The molecule has 6 rings (SSSR count). The minimum absolute atomic E-state index is 0. The molecule has 2 aliphatic heterocycles. The molecule has 270 valence electrons. The monoisotopic (exact) mass is 712 g/mol. The van der Waals surface area contributed by atoms with Crippen molar-refractivity contribution >= 4 is 64.6 Å². The summed E-state index contributed by atoms with van der Waals surface area (Å²) in [4.78, 5) is 55.9. The summed E-state index contributed by atoms with van der Waals surface area (Å²) in [5, 5.41) is 6.87. The number of ketones is 1. The molecule has 0 radical (unpaired) electrons. The molecule has 8 bridgehead atoms. The Labute approximate surface area is 322 Å². The van der Waals surface area contributed by atoms with Crippen molar-refractivity contribution in [3.63, 3.8) is 0 Å². The Morgan fingerprint density at radius 2 is 1.56 bits per heavy atom. The number of methoxy groups -OCH3 is 1. The van der Waals surface area contributed by atoms with Crippen molar-refractivity contribution < 1.29 is 23.9 Å². The van der Waals surface area contributed by atoms with Crippen LogP contribution in [0.1, 0.15) is 121 Å². The van der Waals surface area contributed by atoms with Gasteiger partial charge in [-0.2, -0.15) is 11.4 Å². The molecular weight excluding hydrogens is 665 g/mol. The van der Waals surface area contributed by atoms with Crippen LogP contribution in [-0.4, -0.2) is 54.5 Å². The molecule has 0 unspecified atom stereocenters. The summed E-state index contributed by atoms with van der Waals surface area (Å²) < 4.78 is 10.8. The van der Waals surface area contributed by atoms with Crippen LogP contribution in [0.4, 0.5) is 0 Å². The van der Waals surface area contributed by atoms with Crippen LogP contribution in [0.5, 0.6) is 0 Å². The molecule has 10 heteroatoms. The van der Waals surface area contributed by atoms with Gasteiger partial charge in [0.1, 0.15) is 12.5 Å². The molecule has 5 heterocycles. The molecule has 1 fully saturated rings. The Morgan fingerprint density at radius 1 is 0.865 bits per heavy atom. The molecule has 1 saturated heterocycles. The second-order valence-corrected chi connectivity index (χ2v) is 14.0. The van der Waals surface area contributed by atoms with Crippen LogP contribution in [-0.2, 0) is 31.9 Å². The van der Waals surface area contributed by atoms with E-state index in [1.54, 1.807) is 0 Å². The SMILES string of the molecule is CCC/C(C)=C/COC(=O)CC[C@@H]1/C2=C3/c4[n-]c(c(C)c4C(=O)[C@@H]3C(=O)OC)/C=c3\[n-]/c(c(C)c3CC)=C\c3[n-]c(c(C)c3CC)/C=C(\[N-]2)[C@H]1C.[Mg+2]. The molecule has 0 spiro atoms. The van der Waals surface area contributed by atoms with Gasteiger partial charge in [-0.05, 0) is 71.3 Å². The predicted octanol–water partition coefficient (Wildman–Crippen LogP) is 5.65.